The molecule has 0 spiro atoms. The van der Waals surface area contributed by atoms with Crippen molar-refractivity contribution < 1.29 is 0 Å². The Morgan fingerprint density at radius 3 is 0.900 bits per heavy atom. The lowest BCUT2D eigenvalue weighted by atomic mass is 10.2. The molecule has 1 saturated carbocycles. The van der Waals surface area contributed by atoms with Crippen LogP contribution in [0.2, 0.25) is 0 Å². The molecule has 0 amide bonds. The molecular formula is C36H80N4. The molecule has 0 aromatic heterocycles. The summed E-state index contributed by atoms with van der Waals surface area (Å²) in [5.74, 6) is 2.21. The second-order valence-electron chi connectivity index (χ2n) is 11.6. The van der Waals surface area contributed by atoms with E-state index in [1.54, 1.807) is 0 Å². The first-order valence-electron chi connectivity index (χ1n) is 17.8. The van der Waals surface area contributed by atoms with Crippen LogP contribution in [-0.4, -0.2) is 96.1 Å². The number of hydrogen-bond acceptors (Lipinski definition) is 4. The number of fused-ring (bicyclic) bond motifs is 1. The van der Waals surface area contributed by atoms with E-state index in [-0.39, 0.29) is 0 Å². The van der Waals surface area contributed by atoms with Crippen molar-refractivity contribution in [3.05, 3.63) is 12.2 Å². The summed E-state index contributed by atoms with van der Waals surface area (Å²) in [4.78, 5) is 10.0. The van der Waals surface area contributed by atoms with E-state index in [2.05, 4.69) is 87.1 Å². The van der Waals surface area contributed by atoms with Gasteiger partial charge in [-0.25, -0.2) is 0 Å². The Labute approximate surface area is 256 Å². The Hall–Kier alpha value is -0.420. The van der Waals surface area contributed by atoms with Gasteiger partial charge in [-0.05, 0) is 119 Å². The molecule has 0 N–H and O–H groups in total. The minimum absolute atomic E-state index is 0.713. The smallest absolute Gasteiger partial charge is 0.0169 e. The molecule has 0 radical (unpaired) electrons. The molecule has 40 heavy (non-hydrogen) atoms. The molecule has 4 heteroatoms. The van der Waals surface area contributed by atoms with Crippen LogP contribution in [0.25, 0.3) is 0 Å². The van der Waals surface area contributed by atoms with E-state index < -0.39 is 0 Å². The summed E-state index contributed by atoms with van der Waals surface area (Å²) in [5, 5.41) is 0. The summed E-state index contributed by atoms with van der Waals surface area (Å²) < 4.78 is 0. The van der Waals surface area contributed by atoms with Crippen molar-refractivity contribution in [1.29, 1.82) is 0 Å². The fourth-order valence-electron chi connectivity index (χ4n) is 4.89. The van der Waals surface area contributed by atoms with Crippen LogP contribution in [0.4, 0.5) is 0 Å². The van der Waals surface area contributed by atoms with Gasteiger partial charge in [0.05, 0.1) is 0 Å². The summed E-state index contributed by atoms with van der Waals surface area (Å²) in [7, 11) is 0. The first-order valence-corrected chi connectivity index (χ1v) is 17.8. The summed E-state index contributed by atoms with van der Waals surface area (Å²) in [6, 6.07) is 3.06. The number of rotatable bonds is 4. The Balaban J connectivity index is -0.000000422. The Bertz CT molecular complexity index is 495. The fraction of sp³-hybridized carbons (Fsp3) is 0.944. The minimum Gasteiger partial charge on any atom is -0.301 e. The second kappa shape index (κ2) is 28.7. The summed E-state index contributed by atoms with van der Waals surface area (Å²) >= 11 is 0. The molecular weight excluding hydrogens is 488 g/mol. The molecule has 5 rings (SSSR count). The number of nitrogens with zero attached hydrogens (tertiary/aromatic N) is 4. The van der Waals surface area contributed by atoms with Gasteiger partial charge in [0.1, 0.15) is 0 Å². The van der Waals surface area contributed by atoms with Gasteiger partial charge in [-0.2, -0.15) is 0 Å². The number of hydrogen-bond donors (Lipinski definition) is 0. The van der Waals surface area contributed by atoms with Crippen LogP contribution in [0.3, 0.4) is 0 Å². The number of piperidine rings is 1. The van der Waals surface area contributed by atoms with E-state index in [1.165, 1.54) is 65.0 Å². The van der Waals surface area contributed by atoms with Gasteiger partial charge in [0.15, 0.2) is 0 Å². The van der Waals surface area contributed by atoms with E-state index in [1.807, 2.05) is 55.4 Å². The molecule has 0 bridgehead atoms. The molecule has 0 aromatic carbocycles. The zero-order valence-corrected chi connectivity index (χ0v) is 30.9. The normalized spacial score (nSPS) is 22.7. The lowest BCUT2D eigenvalue weighted by Crippen LogP contribution is -2.41. The predicted octanol–water partition coefficient (Wildman–Crippen LogP) is 9.31. The molecule has 3 saturated heterocycles. The molecule has 0 aromatic rings. The van der Waals surface area contributed by atoms with Crippen molar-refractivity contribution in [2.75, 3.05) is 52.4 Å². The maximum Gasteiger partial charge on any atom is 0.0169 e. The SMILES string of the molecule is CC.CC.CC.CC.CC(C)N1CC2CC2C1.CC(C)N1CC=CC1.CC(C)N1CCC1.CC(C)N1CCCC1. The van der Waals surface area contributed by atoms with Gasteiger partial charge in [0.2, 0.25) is 0 Å². The van der Waals surface area contributed by atoms with Crippen molar-refractivity contribution >= 4 is 0 Å². The lowest BCUT2D eigenvalue weighted by molar-refractivity contribution is 0.138. The van der Waals surface area contributed by atoms with Gasteiger partial charge >= 0.3 is 0 Å². The monoisotopic (exact) mass is 569 g/mol. The zero-order chi connectivity index (χ0) is 31.7. The third-order valence-corrected chi connectivity index (χ3v) is 7.81. The van der Waals surface area contributed by atoms with Crippen molar-refractivity contribution in [3.8, 4) is 0 Å². The number of likely N-dealkylation sites (tertiary alicyclic amines) is 3. The third kappa shape index (κ3) is 20.5. The molecule has 1 aliphatic carbocycles. The Kier molecular flexibility index (Phi) is 31.6. The van der Waals surface area contributed by atoms with Crippen LogP contribution < -0.4 is 0 Å². The molecule has 4 fully saturated rings. The molecule has 4 aliphatic heterocycles. The van der Waals surface area contributed by atoms with Gasteiger partial charge in [0.25, 0.3) is 0 Å². The van der Waals surface area contributed by atoms with Gasteiger partial charge in [-0.1, -0.05) is 67.5 Å². The molecule has 4 nitrogen and oxygen atoms in total. The first kappa shape index (κ1) is 44.0. The Morgan fingerprint density at radius 2 is 0.725 bits per heavy atom. The average molecular weight is 569 g/mol. The quantitative estimate of drug-likeness (QED) is 0.313. The fourth-order valence-corrected chi connectivity index (χ4v) is 4.89. The van der Waals surface area contributed by atoms with Crippen molar-refractivity contribution in [3.63, 3.8) is 0 Å². The van der Waals surface area contributed by atoms with Crippen LogP contribution >= 0.6 is 0 Å². The van der Waals surface area contributed by atoms with Crippen molar-refractivity contribution in [2.24, 2.45) is 11.8 Å². The van der Waals surface area contributed by atoms with Crippen molar-refractivity contribution in [1.82, 2.24) is 19.6 Å². The van der Waals surface area contributed by atoms with Gasteiger partial charge in [-0.3, -0.25) is 4.90 Å². The van der Waals surface area contributed by atoms with Gasteiger partial charge in [-0.15, -0.1) is 0 Å². The largest absolute Gasteiger partial charge is 0.301 e. The molecule has 2 atom stereocenters. The van der Waals surface area contributed by atoms with Crippen LogP contribution in [0.5, 0.6) is 0 Å². The van der Waals surface area contributed by atoms with Crippen LogP contribution in [0.15, 0.2) is 12.2 Å². The predicted molar refractivity (Wildman–Crippen MR) is 187 cm³/mol. The summed E-state index contributed by atoms with van der Waals surface area (Å²) in [5.41, 5.74) is 0. The Morgan fingerprint density at radius 1 is 0.425 bits per heavy atom. The van der Waals surface area contributed by atoms with Crippen LogP contribution in [0.1, 0.15) is 136 Å². The third-order valence-electron chi connectivity index (χ3n) is 7.81. The van der Waals surface area contributed by atoms with Gasteiger partial charge in [0, 0.05) is 50.3 Å². The molecule has 2 unspecified atom stereocenters. The van der Waals surface area contributed by atoms with E-state index in [9.17, 15) is 0 Å². The van der Waals surface area contributed by atoms with E-state index >= 15 is 0 Å². The zero-order valence-electron chi connectivity index (χ0n) is 30.9. The van der Waals surface area contributed by atoms with E-state index in [0.717, 1.165) is 43.1 Å². The first-order chi connectivity index (χ1) is 19.2. The maximum absolute atomic E-state index is 2.60. The van der Waals surface area contributed by atoms with E-state index in [0.29, 0.717) is 6.04 Å². The lowest BCUT2D eigenvalue weighted by Gasteiger charge is -2.34. The highest BCUT2D eigenvalue weighted by molar-refractivity contribution is 4.97. The average Bonchev–Trinajstić information content (AvgIpc) is 3.45. The standard InChI is InChI=1S/C8H15N.C7H15N.C7H13N.C6H13N.4C2H6/c1-6(2)9-4-7-3-8(7)5-9;2*1-7(2)8-5-3-4-6-8;1-6(2)7-4-3-5-7;4*1-2/h6-8H,3-5H2,1-2H3;7H,3-6H2,1-2H3;3-4,7H,5-6H2,1-2H3;6H,3-5H2,1-2H3;4*1-2H3. The van der Waals surface area contributed by atoms with Crippen LogP contribution in [0, 0.1) is 11.8 Å². The molecule has 5 aliphatic rings. The minimum atomic E-state index is 0.713. The molecule has 244 valence electrons. The maximum atomic E-state index is 2.60. The van der Waals surface area contributed by atoms with E-state index in [4.69, 9.17) is 0 Å². The highest BCUT2D eigenvalue weighted by Gasteiger charge is 2.45. The molecule has 4 heterocycles. The second-order valence-corrected chi connectivity index (χ2v) is 11.6. The van der Waals surface area contributed by atoms with Crippen molar-refractivity contribution in [2.45, 2.75) is 161 Å². The highest BCUT2D eigenvalue weighted by Crippen LogP contribution is 2.45. The van der Waals surface area contributed by atoms with Crippen LogP contribution in [-0.2, 0) is 0 Å². The summed E-state index contributed by atoms with van der Waals surface area (Å²) in [6.45, 7) is 44.5. The highest BCUT2D eigenvalue weighted by atomic mass is 15.2. The van der Waals surface area contributed by atoms with Gasteiger partial charge < -0.3 is 14.7 Å². The summed E-state index contributed by atoms with van der Waals surface area (Å²) in [6.07, 6.45) is 10.2. The topological polar surface area (TPSA) is 13.0 Å².